The molecule has 1 amide bonds. The standard InChI is InChI=1S/C29H24N4O18S4/c1-2-47-29(38)26-19(28(37)33(31-26)21-15-17(53-51-49-40)9-11-24(21)55(44,45)46)7-5-3-4-6-18-25(22(35)12-13-34)30-32(27(18)36)20-14-16(52-50-48-39)8-10-23(20)54(41,42)43/h3-5,7-11,14-15,18,31,34,39-40H,2,6H2,1H3,(H,41,42,43)(H,44,45,46). The minimum absolute atomic E-state index is 0.0353. The second kappa shape index (κ2) is 18.5. The van der Waals surface area contributed by atoms with E-state index in [9.17, 15) is 45.1 Å². The molecule has 292 valence electrons. The molecule has 55 heavy (non-hydrogen) atoms. The van der Waals surface area contributed by atoms with Gasteiger partial charge in [0.25, 0.3) is 37.5 Å². The normalized spacial score (nSPS) is 14.7. The molecule has 3 aromatic rings. The second-order valence-electron chi connectivity index (χ2n) is 10.2. The molecule has 0 spiro atoms. The Bertz CT molecular complexity index is 2430. The highest BCUT2D eigenvalue weighted by molar-refractivity contribution is 7.94. The van der Waals surface area contributed by atoms with E-state index >= 15 is 0 Å². The van der Waals surface area contributed by atoms with Crippen molar-refractivity contribution in [1.82, 2.24) is 9.78 Å². The lowest BCUT2D eigenvalue weighted by atomic mass is 9.96. The molecule has 0 fully saturated rings. The van der Waals surface area contributed by atoms with Crippen molar-refractivity contribution in [2.24, 2.45) is 11.0 Å². The number of Topliss-reactive ketones (excluding diaryl/α,β-unsaturated/α-hetero) is 1. The van der Waals surface area contributed by atoms with Gasteiger partial charge in [0, 0.05) is 15.7 Å². The van der Waals surface area contributed by atoms with Gasteiger partial charge in [-0.05, 0) is 55.8 Å². The number of aliphatic hydroxyl groups excluding tert-OH is 1. The Hall–Kier alpha value is -5.15. The van der Waals surface area contributed by atoms with Crippen molar-refractivity contribution in [1.29, 1.82) is 0 Å². The van der Waals surface area contributed by atoms with Crippen LogP contribution < -0.4 is 10.6 Å². The number of allylic oxidation sites excluding steroid dienone is 3. The molecular formula is C29H24N4O18S4. The number of amides is 1. The van der Waals surface area contributed by atoms with Gasteiger partial charge in [-0.15, -0.1) is 8.67 Å². The third-order valence-corrected chi connectivity index (χ3v) is 9.89. The molecule has 1 unspecified atom stereocenters. The molecule has 6 N–H and O–H groups in total. The molecule has 0 saturated carbocycles. The zero-order valence-electron chi connectivity index (χ0n) is 27.3. The molecule has 1 aliphatic heterocycles. The number of ether oxygens (including phenoxy) is 1. The van der Waals surface area contributed by atoms with Gasteiger partial charge in [-0.1, -0.05) is 28.3 Å². The molecule has 2 heterocycles. The molecule has 1 aliphatic rings. The second-order valence-corrected chi connectivity index (χ2v) is 14.5. The molecule has 0 aliphatic carbocycles. The van der Waals surface area contributed by atoms with E-state index in [4.69, 9.17) is 20.4 Å². The third-order valence-electron chi connectivity index (χ3n) is 6.94. The fraction of sp³-hybridized carbons (Fsp3) is 0.138. The molecule has 0 radical (unpaired) electrons. The quantitative estimate of drug-likeness (QED) is 0.0216. The minimum Gasteiger partial charge on any atom is -0.462 e. The maximum absolute atomic E-state index is 13.6. The van der Waals surface area contributed by atoms with Crippen LogP contribution in [0, 0.1) is 17.9 Å². The van der Waals surface area contributed by atoms with Crippen LogP contribution in [0.25, 0.3) is 11.8 Å². The summed E-state index contributed by atoms with van der Waals surface area (Å²) in [6, 6.07) is 6.10. The summed E-state index contributed by atoms with van der Waals surface area (Å²) in [5.74, 6) is -2.80. The number of nitrogens with zero attached hydrogens (tertiary/aromatic N) is 3. The van der Waals surface area contributed by atoms with E-state index in [1.807, 2.05) is 5.92 Å². The average molecular weight is 845 g/mol. The first kappa shape index (κ1) is 42.6. The third kappa shape index (κ3) is 10.1. The van der Waals surface area contributed by atoms with Crippen molar-refractivity contribution in [3.05, 3.63) is 76.2 Å². The topological polar surface area (TPSA) is 320 Å². The van der Waals surface area contributed by atoms with E-state index < -0.39 is 81.9 Å². The van der Waals surface area contributed by atoms with Gasteiger partial charge in [-0.3, -0.25) is 28.6 Å². The number of aliphatic hydroxyl groups is 1. The molecule has 26 heteroatoms. The summed E-state index contributed by atoms with van der Waals surface area (Å²) < 4.78 is 82.5. The van der Waals surface area contributed by atoms with Gasteiger partial charge in [0.05, 0.1) is 53.5 Å². The minimum atomic E-state index is -4.99. The monoisotopic (exact) mass is 844 g/mol. The van der Waals surface area contributed by atoms with Crippen molar-refractivity contribution >= 4 is 79.5 Å². The summed E-state index contributed by atoms with van der Waals surface area (Å²) in [6.07, 6.45) is 5.94. The number of benzene rings is 2. The summed E-state index contributed by atoms with van der Waals surface area (Å²) in [6.45, 7) is 1.34. The van der Waals surface area contributed by atoms with Crippen molar-refractivity contribution in [3.63, 3.8) is 0 Å². The predicted molar refractivity (Wildman–Crippen MR) is 186 cm³/mol. The number of hydrogen-bond acceptors (Lipinski definition) is 19. The van der Waals surface area contributed by atoms with Crippen LogP contribution in [0.4, 0.5) is 5.69 Å². The van der Waals surface area contributed by atoms with Crippen molar-refractivity contribution in [2.45, 2.75) is 32.9 Å². The number of anilines is 1. The highest BCUT2D eigenvalue weighted by Crippen LogP contribution is 2.35. The zero-order chi connectivity index (χ0) is 40.5. The summed E-state index contributed by atoms with van der Waals surface area (Å²) in [4.78, 5) is 51.2. The van der Waals surface area contributed by atoms with Gasteiger partial charge < -0.3 is 9.84 Å². The predicted octanol–water partition coefficient (Wildman–Crippen LogP) is 2.57. The Morgan fingerprint density at radius 1 is 0.945 bits per heavy atom. The van der Waals surface area contributed by atoms with Crippen molar-refractivity contribution in [3.8, 4) is 17.7 Å². The number of carbonyl (C=O) groups is 3. The maximum atomic E-state index is 13.6. The molecule has 22 nitrogen and oxygen atoms in total. The van der Waals surface area contributed by atoms with Gasteiger partial charge in [0.2, 0.25) is 0 Å². The van der Waals surface area contributed by atoms with E-state index in [1.54, 1.807) is 0 Å². The van der Waals surface area contributed by atoms with Crippen LogP contribution in [0.5, 0.6) is 0 Å². The largest absolute Gasteiger partial charge is 0.462 e. The number of carbonyl (C=O) groups excluding carboxylic acids is 3. The van der Waals surface area contributed by atoms with Crippen LogP contribution in [0.3, 0.4) is 0 Å². The Morgan fingerprint density at radius 2 is 1.53 bits per heavy atom. The van der Waals surface area contributed by atoms with Crippen LogP contribution >= 0.6 is 24.1 Å². The van der Waals surface area contributed by atoms with E-state index in [2.05, 4.69) is 28.9 Å². The Morgan fingerprint density at radius 3 is 2.07 bits per heavy atom. The summed E-state index contributed by atoms with van der Waals surface area (Å²) in [5, 5.41) is 39.8. The van der Waals surface area contributed by atoms with E-state index in [-0.39, 0.29) is 28.4 Å². The maximum Gasteiger partial charge on any atom is 0.357 e. The fourth-order valence-electron chi connectivity index (χ4n) is 4.76. The van der Waals surface area contributed by atoms with Gasteiger partial charge in [0.1, 0.15) is 21.6 Å². The first-order valence-electron chi connectivity index (χ1n) is 14.6. The highest BCUT2D eigenvalue weighted by Gasteiger charge is 2.41. The van der Waals surface area contributed by atoms with Gasteiger partial charge in [-0.25, -0.2) is 20.0 Å². The molecular weight excluding hydrogens is 821 g/mol. The first-order chi connectivity index (χ1) is 26.1. The van der Waals surface area contributed by atoms with Crippen LogP contribution in [0.15, 0.2) is 84.1 Å². The molecule has 0 saturated heterocycles. The lowest BCUT2D eigenvalue weighted by Crippen LogP contribution is -2.30. The van der Waals surface area contributed by atoms with Gasteiger partial charge >= 0.3 is 5.97 Å². The number of aromatic amines is 1. The van der Waals surface area contributed by atoms with Crippen LogP contribution in [0.2, 0.25) is 0 Å². The number of esters is 1. The summed E-state index contributed by atoms with van der Waals surface area (Å²) in [7, 11) is -9.96. The SMILES string of the molecule is CCOC(=O)c1[nH]n(-c2cc(SOOO)ccc2S(=O)(=O)O)c(=O)c1C=CC=CCC1C(=O)N(c2cc(SOOO)ccc2S(=O)(=O)O)N=C1C(=O)C#CO. The number of rotatable bonds is 17. The zero-order valence-corrected chi connectivity index (χ0v) is 30.5. The number of aromatic nitrogens is 2. The molecule has 4 rings (SSSR count). The number of H-pyrrole nitrogens is 1. The average Bonchev–Trinajstić information content (AvgIpc) is 3.64. The van der Waals surface area contributed by atoms with Crippen molar-refractivity contribution < 1.29 is 79.4 Å². The lowest BCUT2D eigenvalue weighted by molar-refractivity contribution is -0.432. The van der Waals surface area contributed by atoms with Crippen LogP contribution in [-0.4, -0.2) is 81.3 Å². The van der Waals surface area contributed by atoms with E-state index in [1.165, 1.54) is 31.3 Å². The summed E-state index contributed by atoms with van der Waals surface area (Å²) in [5.41, 5.74) is -3.42. The molecule has 0 bridgehead atoms. The smallest absolute Gasteiger partial charge is 0.357 e. The number of ketones is 1. The Balaban J connectivity index is 1.71. The number of nitrogens with one attached hydrogen (secondary N) is 1. The lowest BCUT2D eigenvalue weighted by Gasteiger charge is -2.17. The van der Waals surface area contributed by atoms with Crippen molar-refractivity contribution in [2.75, 3.05) is 11.6 Å². The molecule has 1 atom stereocenters. The van der Waals surface area contributed by atoms with E-state index in [0.29, 0.717) is 33.8 Å². The fourth-order valence-corrected chi connectivity index (χ4v) is 6.85. The van der Waals surface area contributed by atoms with E-state index in [0.717, 1.165) is 42.5 Å². The molecule has 2 aromatic carbocycles. The highest BCUT2D eigenvalue weighted by atomic mass is 32.2. The number of hydrazone groups is 1. The van der Waals surface area contributed by atoms with Crippen LogP contribution in [-0.2, 0) is 53.3 Å². The van der Waals surface area contributed by atoms with Crippen LogP contribution in [0.1, 0.15) is 29.4 Å². The Labute approximate surface area is 317 Å². The molecule has 1 aromatic heterocycles. The number of hydrogen-bond donors (Lipinski definition) is 6. The van der Waals surface area contributed by atoms with Gasteiger partial charge in [0.15, 0.2) is 5.69 Å². The first-order valence-corrected chi connectivity index (χ1v) is 18.9. The van der Waals surface area contributed by atoms with Gasteiger partial charge in [-0.2, -0.15) is 26.9 Å². The summed E-state index contributed by atoms with van der Waals surface area (Å²) >= 11 is 0.763. The Kier molecular flexibility index (Phi) is 14.3.